The largest absolute Gasteiger partial charge is 0.467 e. The van der Waals surface area contributed by atoms with E-state index in [9.17, 15) is 9.59 Å². The number of ether oxygens (including phenoxy) is 1. The zero-order valence-electron chi connectivity index (χ0n) is 15.1. The van der Waals surface area contributed by atoms with Crippen LogP contribution in [0.15, 0.2) is 48.5 Å². The van der Waals surface area contributed by atoms with Crippen molar-refractivity contribution >= 4 is 33.7 Å². The number of aromatic nitrogens is 1. The van der Waals surface area contributed by atoms with Crippen LogP contribution in [0.4, 0.5) is 0 Å². The minimum absolute atomic E-state index is 0.176. The number of esters is 1. The molecule has 1 amide bonds. The van der Waals surface area contributed by atoms with E-state index in [0.717, 1.165) is 0 Å². The Labute approximate surface area is 156 Å². The van der Waals surface area contributed by atoms with Gasteiger partial charge in [-0.2, -0.15) is 5.26 Å². The third kappa shape index (κ3) is 3.72. The summed E-state index contributed by atoms with van der Waals surface area (Å²) < 4.78 is 4.79. The molecule has 0 spiro atoms. The van der Waals surface area contributed by atoms with Gasteiger partial charge in [-0.25, -0.2) is 9.78 Å². The molecule has 1 heterocycles. The Morgan fingerprint density at radius 1 is 1.11 bits per heavy atom. The molecule has 2 atom stereocenters. The van der Waals surface area contributed by atoms with Crippen molar-refractivity contribution in [3.05, 3.63) is 54.1 Å². The fourth-order valence-electron chi connectivity index (χ4n) is 3.08. The van der Waals surface area contributed by atoms with E-state index in [0.29, 0.717) is 27.4 Å². The molecule has 0 unspecified atom stereocenters. The van der Waals surface area contributed by atoms with E-state index in [-0.39, 0.29) is 6.42 Å². The molecule has 0 aliphatic rings. The first-order valence-electron chi connectivity index (χ1n) is 8.61. The lowest BCUT2D eigenvalue weighted by Gasteiger charge is -2.18. The summed E-state index contributed by atoms with van der Waals surface area (Å²) in [7, 11) is 1.26. The summed E-state index contributed by atoms with van der Waals surface area (Å²) in [6.45, 7) is 1.69. The predicted octanol–water partition coefficient (Wildman–Crippen LogP) is 3.21. The van der Waals surface area contributed by atoms with E-state index in [1.165, 1.54) is 7.11 Å². The first-order chi connectivity index (χ1) is 13.0. The van der Waals surface area contributed by atoms with E-state index in [1.807, 2.05) is 48.5 Å². The monoisotopic (exact) mass is 361 g/mol. The zero-order chi connectivity index (χ0) is 19.4. The van der Waals surface area contributed by atoms with Crippen LogP contribution in [0.3, 0.4) is 0 Å². The molecule has 0 bridgehead atoms. The van der Waals surface area contributed by atoms with Crippen molar-refractivity contribution in [1.29, 1.82) is 5.26 Å². The summed E-state index contributed by atoms with van der Waals surface area (Å²) in [5.41, 5.74) is 1.84. The van der Waals surface area contributed by atoms with Gasteiger partial charge in [-0.05, 0) is 25.5 Å². The van der Waals surface area contributed by atoms with Crippen LogP contribution in [0.2, 0.25) is 0 Å². The molecule has 3 aromatic rings. The lowest BCUT2D eigenvalue weighted by molar-refractivity contribution is -0.143. The number of pyridine rings is 1. The number of carbonyl (C=O) groups is 2. The number of amides is 1. The molecule has 0 radical (unpaired) electrons. The number of carbonyl (C=O) groups excluding carboxylic acids is 2. The van der Waals surface area contributed by atoms with Crippen molar-refractivity contribution < 1.29 is 14.3 Å². The first kappa shape index (κ1) is 18.3. The SMILES string of the molecule is COC(=O)[C@H](C[C@H](C)C#N)NC(=O)c1c2ccccc2nc2ccccc12. The van der Waals surface area contributed by atoms with Crippen LogP contribution in [0.25, 0.3) is 21.8 Å². The van der Waals surface area contributed by atoms with Crippen LogP contribution in [-0.4, -0.2) is 30.0 Å². The van der Waals surface area contributed by atoms with E-state index in [1.54, 1.807) is 6.92 Å². The number of nitrogens with zero attached hydrogens (tertiary/aromatic N) is 2. The number of hydrogen-bond acceptors (Lipinski definition) is 5. The second-order valence-electron chi connectivity index (χ2n) is 6.34. The third-order valence-electron chi connectivity index (χ3n) is 4.42. The maximum absolute atomic E-state index is 13.1. The van der Waals surface area contributed by atoms with Crippen molar-refractivity contribution in [1.82, 2.24) is 10.3 Å². The molecule has 0 aliphatic carbocycles. The Hall–Kier alpha value is -3.46. The highest BCUT2D eigenvalue weighted by Gasteiger charge is 2.26. The Balaban J connectivity index is 2.08. The molecule has 1 N–H and O–H groups in total. The molecular formula is C21H19N3O3. The highest BCUT2D eigenvalue weighted by atomic mass is 16.5. The van der Waals surface area contributed by atoms with Crippen LogP contribution in [-0.2, 0) is 9.53 Å². The van der Waals surface area contributed by atoms with Gasteiger partial charge in [0.05, 0.1) is 29.8 Å². The van der Waals surface area contributed by atoms with Crippen molar-refractivity contribution in [2.24, 2.45) is 5.92 Å². The Kier molecular flexibility index (Phi) is 5.32. The predicted molar refractivity (Wildman–Crippen MR) is 102 cm³/mol. The van der Waals surface area contributed by atoms with Crippen molar-refractivity contribution in [3.63, 3.8) is 0 Å². The summed E-state index contributed by atoms with van der Waals surface area (Å²) in [6, 6.07) is 15.9. The molecule has 3 rings (SSSR count). The minimum Gasteiger partial charge on any atom is -0.467 e. The van der Waals surface area contributed by atoms with Gasteiger partial charge in [-0.1, -0.05) is 36.4 Å². The molecule has 2 aromatic carbocycles. The average Bonchev–Trinajstić information content (AvgIpc) is 2.70. The molecular weight excluding hydrogens is 342 g/mol. The van der Waals surface area contributed by atoms with Gasteiger partial charge < -0.3 is 10.1 Å². The normalized spacial score (nSPS) is 12.9. The van der Waals surface area contributed by atoms with E-state index < -0.39 is 23.8 Å². The molecule has 6 nitrogen and oxygen atoms in total. The third-order valence-corrected chi connectivity index (χ3v) is 4.42. The highest BCUT2D eigenvalue weighted by molar-refractivity contribution is 6.16. The molecule has 1 aromatic heterocycles. The number of nitrogens with one attached hydrogen (secondary N) is 1. The topological polar surface area (TPSA) is 92.1 Å². The van der Waals surface area contributed by atoms with Crippen LogP contribution in [0, 0.1) is 17.2 Å². The standard InChI is InChI=1S/C21H19N3O3/c1-13(12-22)11-18(21(26)27-2)24-20(25)19-14-7-3-5-9-16(14)23-17-10-6-4-8-15(17)19/h3-10,13,18H,11H2,1-2H3,(H,24,25)/t13-,18-/m0/s1. The van der Waals surface area contributed by atoms with Crippen LogP contribution in [0.5, 0.6) is 0 Å². The summed E-state index contributed by atoms with van der Waals surface area (Å²) in [4.78, 5) is 29.8. The van der Waals surface area contributed by atoms with Crippen LogP contribution in [0.1, 0.15) is 23.7 Å². The van der Waals surface area contributed by atoms with Crippen molar-refractivity contribution in [3.8, 4) is 6.07 Å². The van der Waals surface area contributed by atoms with Gasteiger partial charge in [0.25, 0.3) is 5.91 Å². The fraction of sp³-hybridized carbons (Fsp3) is 0.238. The Morgan fingerprint density at radius 2 is 1.67 bits per heavy atom. The Morgan fingerprint density at radius 3 is 2.19 bits per heavy atom. The lowest BCUT2D eigenvalue weighted by Crippen LogP contribution is -2.42. The average molecular weight is 361 g/mol. The molecule has 0 fully saturated rings. The van der Waals surface area contributed by atoms with E-state index >= 15 is 0 Å². The number of fused-ring (bicyclic) bond motifs is 2. The van der Waals surface area contributed by atoms with Crippen molar-refractivity contribution in [2.75, 3.05) is 7.11 Å². The first-order valence-corrected chi connectivity index (χ1v) is 8.61. The minimum atomic E-state index is -0.900. The number of methoxy groups -OCH3 is 1. The number of rotatable bonds is 5. The molecule has 6 heteroatoms. The van der Waals surface area contributed by atoms with Gasteiger partial charge >= 0.3 is 5.97 Å². The summed E-state index contributed by atoms with van der Waals surface area (Å²) in [6.07, 6.45) is 0.176. The number of hydrogen-bond donors (Lipinski definition) is 1. The fourth-order valence-corrected chi connectivity index (χ4v) is 3.08. The second kappa shape index (κ2) is 7.83. The summed E-state index contributed by atoms with van der Waals surface area (Å²) >= 11 is 0. The lowest BCUT2D eigenvalue weighted by atomic mass is 10.00. The maximum atomic E-state index is 13.1. The second-order valence-corrected chi connectivity index (χ2v) is 6.34. The van der Waals surface area contributed by atoms with Gasteiger partial charge in [0.15, 0.2) is 0 Å². The van der Waals surface area contributed by atoms with E-state index in [4.69, 9.17) is 10.00 Å². The number of para-hydroxylation sites is 2. The van der Waals surface area contributed by atoms with Gasteiger partial charge in [0, 0.05) is 16.7 Å². The number of benzene rings is 2. The zero-order valence-corrected chi connectivity index (χ0v) is 15.1. The Bertz CT molecular complexity index is 1000. The van der Waals surface area contributed by atoms with Gasteiger partial charge in [-0.3, -0.25) is 4.79 Å². The highest BCUT2D eigenvalue weighted by Crippen LogP contribution is 2.26. The molecule has 136 valence electrons. The van der Waals surface area contributed by atoms with E-state index in [2.05, 4.69) is 16.4 Å². The number of nitriles is 1. The van der Waals surface area contributed by atoms with Gasteiger partial charge in [0.1, 0.15) is 6.04 Å². The molecule has 0 saturated heterocycles. The van der Waals surface area contributed by atoms with Gasteiger partial charge in [0.2, 0.25) is 0 Å². The summed E-state index contributed by atoms with van der Waals surface area (Å²) in [5, 5.41) is 13.2. The van der Waals surface area contributed by atoms with Crippen LogP contribution < -0.4 is 5.32 Å². The quantitative estimate of drug-likeness (QED) is 0.556. The van der Waals surface area contributed by atoms with Crippen molar-refractivity contribution in [2.45, 2.75) is 19.4 Å². The molecule has 0 saturated carbocycles. The molecule has 0 aliphatic heterocycles. The summed E-state index contributed by atoms with van der Waals surface area (Å²) in [5.74, 6) is -1.38. The smallest absolute Gasteiger partial charge is 0.328 e. The maximum Gasteiger partial charge on any atom is 0.328 e. The molecule has 27 heavy (non-hydrogen) atoms. The van der Waals surface area contributed by atoms with Gasteiger partial charge in [-0.15, -0.1) is 0 Å². The van der Waals surface area contributed by atoms with Crippen LogP contribution >= 0.6 is 0 Å².